The number of nitriles is 1. The number of aromatic nitrogens is 1. The van der Waals surface area contributed by atoms with Crippen LogP contribution < -0.4 is 5.32 Å². The van der Waals surface area contributed by atoms with E-state index in [1.807, 2.05) is 12.2 Å². The molecule has 4 nitrogen and oxygen atoms in total. The first-order valence-corrected chi connectivity index (χ1v) is 9.60. The molecule has 1 aromatic heterocycles. The van der Waals surface area contributed by atoms with Crippen LogP contribution in [0.5, 0.6) is 5.75 Å². The number of fused-ring (bicyclic) bond motifs is 1. The Bertz CT molecular complexity index is 1220. The lowest BCUT2D eigenvalue weighted by Crippen LogP contribution is -2.36. The molecule has 0 amide bonds. The summed E-state index contributed by atoms with van der Waals surface area (Å²) in [5, 5.41) is 23.3. The molecule has 0 saturated heterocycles. The molecule has 1 aliphatic carbocycles. The van der Waals surface area contributed by atoms with Crippen molar-refractivity contribution in [1.82, 2.24) is 4.98 Å². The maximum absolute atomic E-state index is 13.9. The molecule has 0 aliphatic heterocycles. The molecule has 4 rings (SSSR count). The van der Waals surface area contributed by atoms with Crippen LogP contribution in [0.25, 0.3) is 22.0 Å². The molecule has 0 radical (unpaired) electrons. The highest BCUT2D eigenvalue weighted by molar-refractivity contribution is 5.97. The number of anilines is 1. The molecule has 0 saturated carbocycles. The van der Waals surface area contributed by atoms with E-state index in [0.29, 0.717) is 27.7 Å². The zero-order chi connectivity index (χ0) is 21.3. The molecule has 1 unspecified atom stereocenters. The number of rotatable bonds is 4. The van der Waals surface area contributed by atoms with E-state index < -0.39 is 17.4 Å². The van der Waals surface area contributed by atoms with Crippen molar-refractivity contribution in [2.75, 3.05) is 5.32 Å². The number of pyridine rings is 1. The van der Waals surface area contributed by atoms with Gasteiger partial charge in [-0.1, -0.05) is 37.3 Å². The predicted octanol–water partition coefficient (Wildman–Crippen LogP) is 5.83. The highest BCUT2D eigenvalue weighted by Gasteiger charge is 2.27. The monoisotopic (exact) mass is 403 g/mol. The summed E-state index contributed by atoms with van der Waals surface area (Å²) in [5.41, 5.74) is 2.15. The third-order valence-corrected chi connectivity index (χ3v) is 5.49. The lowest BCUT2D eigenvalue weighted by atomic mass is 9.87. The first-order chi connectivity index (χ1) is 14.5. The minimum atomic E-state index is -1.03. The van der Waals surface area contributed by atoms with Crippen molar-refractivity contribution in [1.29, 1.82) is 5.26 Å². The van der Waals surface area contributed by atoms with Crippen molar-refractivity contribution in [3.63, 3.8) is 0 Å². The van der Waals surface area contributed by atoms with Crippen LogP contribution >= 0.6 is 0 Å². The van der Waals surface area contributed by atoms with Gasteiger partial charge in [0.05, 0.1) is 22.3 Å². The number of hydrogen-bond acceptors (Lipinski definition) is 4. The lowest BCUT2D eigenvalue weighted by molar-refractivity contribution is 0.396. The van der Waals surface area contributed by atoms with Crippen LogP contribution in [-0.4, -0.2) is 15.6 Å². The standard InChI is InChI=1S/C24H19F2N3O/c1-2-24(8-4-3-5-9-24)29-22-17(13-27)14-28-21-7-6-15(10-18(21)22)16-11-19(25)23(30)20(26)12-16/h3-8,10-12,14,30H,2,9H2,1H3,(H,28,29). The van der Waals surface area contributed by atoms with Crippen LogP contribution in [0, 0.1) is 23.0 Å². The number of allylic oxidation sites excluding steroid dienone is 2. The van der Waals surface area contributed by atoms with Crippen molar-refractivity contribution in [3.8, 4) is 22.9 Å². The Balaban J connectivity index is 1.89. The van der Waals surface area contributed by atoms with Gasteiger partial charge in [-0.2, -0.15) is 5.26 Å². The highest BCUT2D eigenvalue weighted by Crippen LogP contribution is 2.36. The Morgan fingerprint density at radius 1 is 1.17 bits per heavy atom. The Labute approximate surface area is 172 Å². The molecule has 150 valence electrons. The Morgan fingerprint density at radius 2 is 1.93 bits per heavy atom. The summed E-state index contributed by atoms with van der Waals surface area (Å²) in [6.07, 6.45) is 11.2. The fourth-order valence-electron chi connectivity index (χ4n) is 3.68. The Morgan fingerprint density at radius 3 is 2.57 bits per heavy atom. The molecule has 1 atom stereocenters. The van der Waals surface area contributed by atoms with Crippen molar-refractivity contribution in [3.05, 3.63) is 78.0 Å². The summed E-state index contributed by atoms with van der Waals surface area (Å²) in [7, 11) is 0. The summed E-state index contributed by atoms with van der Waals surface area (Å²) in [6.45, 7) is 2.07. The number of phenolic OH excluding ortho intramolecular Hbond substituents is 1. The van der Waals surface area contributed by atoms with Crippen LogP contribution in [0.15, 0.2) is 60.8 Å². The third-order valence-electron chi connectivity index (χ3n) is 5.49. The second-order valence-corrected chi connectivity index (χ2v) is 7.31. The van der Waals surface area contributed by atoms with Gasteiger partial charge in [-0.3, -0.25) is 4.98 Å². The van der Waals surface area contributed by atoms with E-state index in [2.05, 4.69) is 35.4 Å². The summed E-state index contributed by atoms with van der Waals surface area (Å²) in [6, 6.07) is 9.54. The van der Waals surface area contributed by atoms with Crippen molar-refractivity contribution in [2.45, 2.75) is 25.3 Å². The molecule has 2 aromatic carbocycles. The van der Waals surface area contributed by atoms with Gasteiger partial charge in [0.15, 0.2) is 17.4 Å². The fourth-order valence-corrected chi connectivity index (χ4v) is 3.68. The van der Waals surface area contributed by atoms with Crippen LogP contribution in [0.1, 0.15) is 25.3 Å². The molecular weight excluding hydrogens is 384 g/mol. The molecule has 3 aromatic rings. The average Bonchev–Trinajstić information content (AvgIpc) is 2.77. The van der Waals surface area contributed by atoms with Crippen LogP contribution in [0.2, 0.25) is 0 Å². The normalized spacial score (nSPS) is 17.8. The zero-order valence-electron chi connectivity index (χ0n) is 16.3. The van der Waals surface area contributed by atoms with Crippen molar-refractivity contribution < 1.29 is 13.9 Å². The van der Waals surface area contributed by atoms with Crippen LogP contribution in [0.4, 0.5) is 14.5 Å². The minimum Gasteiger partial charge on any atom is -0.503 e. The molecule has 0 bridgehead atoms. The van der Waals surface area contributed by atoms with Gasteiger partial charge in [-0.05, 0) is 48.2 Å². The maximum Gasteiger partial charge on any atom is 0.187 e. The molecule has 2 N–H and O–H groups in total. The lowest BCUT2D eigenvalue weighted by Gasteiger charge is -2.33. The number of benzene rings is 2. The van der Waals surface area contributed by atoms with Gasteiger partial charge in [0.25, 0.3) is 0 Å². The Kier molecular flexibility index (Phi) is 4.96. The van der Waals surface area contributed by atoms with E-state index >= 15 is 0 Å². The van der Waals surface area contributed by atoms with Gasteiger partial charge >= 0.3 is 0 Å². The zero-order valence-corrected chi connectivity index (χ0v) is 16.3. The topological polar surface area (TPSA) is 68.9 Å². The molecular formula is C24H19F2N3O. The first kappa shape index (κ1) is 19.6. The first-order valence-electron chi connectivity index (χ1n) is 9.60. The number of aromatic hydroxyl groups is 1. The van der Waals surface area contributed by atoms with E-state index in [4.69, 9.17) is 0 Å². The second kappa shape index (κ2) is 7.60. The van der Waals surface area contributed by atoms with Crippen molar-refractivity contribution >= 4 is 16.6 Å². The summed E-state index contributed by atoms with van der Waals surface area (Å²) in [4.78, 5) is 4.36. The van der Waals surface area contributed by atoms with Gasteiger partial charge < -0.3 is 10.4 Å². The van der Waals surface area contributed by atoms with Crippen molar-refractivity contribution in [2.24, 2.45) is 0 Å². The molecule has 1 heterocycles. The summed E-state index contributed by atoms with van der Waals surface area (Å²) in [5.74, 6) is -3.06. The second-order valence-electron chi connectivity index (χ2n) is 7.31. The maximum atomic E-state index is 13.9. The van der Waals surface area contributed by atoms with E-state index in [1.54, 1.807) is 18.2 Å². The van der Waals surface area contributed by atoms with Gasteiger partial charge in [-0.25, -0.2) is 8.78 Å². The van der Waals surface area contributed by atoms with Crippen LogP contribution in [0.3, 0.4) is 0 Å². The molecule has 30 heavy (non-hydrogen) atoms. The van der Waals surface area contributed by atoms with E-state index in [0.717, 1.165) is 25.0 Å². The number of halogens is 2. The van der Waals surface area contributed by atoms with E-state index in [1.165, 1.54) is 6.20 Å². The minimum absolute atomic E-state index is 0.281. The molecule has 0 spiro atoms. The largest absolute Gasteiger partial charge is 0.503 e. The van der Waals surface area contributed by atoms with E-state index in [-0.39, 0.29) is 11.1 Å². The number of nitrogens with zero attached hydrogens (tertiary/aromatic N) is 2. The van der Waals surface area contributed by atoms with E-state index in [9.17, 15) is 19.1 Å². The van der Waals surface area contributed by atoms with Gasteiger partial charge in [0, 0.05) is 11.6 Å². The average molecular weight is 403 g/mol. The molecule has 0 fully saturated rings. The molecule has 6 heteroatoms. The van der Waals surface area contributed by atoms with Gasteiger partial charge in [-0.15, -0.1) is 0 Å². The third kappa shape index (κ3) is 3.39. The summed E-state index contributed by atoms with van der Waals surface area (Å²) < 4.78 is 27.7. The van der Waals surface area contributed by atoms with Gasteiger partial charge in [0.1, 0.15) is 6.07 Å². The van der Waals surface area contributed by atoms with Gasteiger partial charge in [0.2, 0.25) is 0 Å². The highest BCUT2D eigenvalue weighted by atomic mass is 19.1. The molecule has 1 aliphatic rings. The smallest absolute Gasteiger partial charge is 0.187 e. The fraction of sp³-hybridized carbons (Fsp3) is 0.167. The number of hydrogen-bond donors (Lipinski definition) is 2. The number of nitrogens with one attached hydrogen (secondary N) is 1. The van der Waals surface area contributed by atoms with Crippen LogP contribution in [-0.2, 0) is 0 Å². The number of phenols is 1. The summed E-state index contributed by atoms with van der Waals surface area (Å²) >= 11 is 0. The SMILES string of the molecule is CCC1(Nc2c(C#N)cnc3ccc(-c4cc(F)c(O)c(F)c4)cc23)C=CC=CC1. The predicted molar refractivity (Wildman–Crippen MR) is 113 cm³/mol. The quantitative estimate of drug-likeness (QED) is 0.575. The Hall–Kier alpha value is -3.72.